The minimum atomic E-state index is -0.0206. The summed E-state index contributed by atoms with van der Waals surface area (Å²) in [5.41, 5.74) is 1.49. The fourth-order valence-electron chi connectivity index (χ4n) is 4.84. The van der Waals surface area contributed by atoms with Crippen LogP contribution in [-0.4, -0.2) is 71.3 Å². The number of aliphatic hydroxyl groups excluding tert-OH is 1. The number of anilines is 3. The van der Waals surface area contributed by atoms with Gasteiger partial charge in [0, 0.05) is 24.1 Å². The maximum atomic E-state index is 9.93. The van der Waals surface area contributed by atoms with Crippen molar-refractivity contribution in [2.75, 3.05) is 44.7 Å². The Morgan fingerprint density at radius 3 is 2.49 bits per heavy atom. The number of ether oxygens (including phenoxy) is 4. The first kappa shape index (κ1) is 26.4. The Morgan fingerprint density at radius 2 is 1.82 bits per heavy atom. The van der Waals surface area contributed by atoms with Crippen LogP contribution in [0, 0.1) is 0 Å². The minimum Gasteiger partial charge on any atom is -0.493 e. The third-order valence-electron chi connectivity index (χ3n) is 6.66. The zero-order valence-electron chi connectivity index (χ0n) is 22.8. The molecule has 4 aromatic rings. The molecular formula is C28H34N6O5. The molecule has 0 radical (unpaired) electrons. The fourth-order valence-corrected chi connectivity index (χ4v) is 4.84. The van der Waals surface area contributed by atoms with Gasteiger partial charge in [-0.15, -0.1) is 0 Å². The predicted octanol–water partition coefficient (Wildman–Crippen LogP) is 4.33. The number of aliphatic hydroxyl groups is 1. The average molecular weight is 535 g/mol. The molecule has 2 N–H and O–H groups in total. The molecule has 2 aromatic carbocycles. The predicted molar refractivity (Wildman–Crippen MR) is 149 cm³/mol. The van der Waals surface area contributed by atoms with Crippen LogP contribution < -0.4 is 29.2 Å². The van der Waals surface area contributed by atoms with E-state index in [1.807, 2.05) is 54.9 Å². The number of rotatable bonds is 10. The van der Waals surface area contributed by atoms with E-state index in [-0.39, 0.29) is 18.8 Å². The third kappa shape index (κ3) is 5.22. The van der Waals surface area contributed by atoms with E-state index in [0.29, 0.717) is 46.1 Å². The van der Waals surface area contributed by atoms with Crippen LogP contribution in [0.5, 0.6) is 23.0 Å². The second kappa shape index (κ2) is 11.2. The Hall–Kier alpha value is -4.25. The van der Waals surface area contributed by atoms with E-state index < -0.39 is 0 Å². The first-order valence-electron chi connectivity index (χ1n) is 12.9. The summed E-state index contributed by atoms with van der Waals surface area (Å²) in [6.45, 7) is 4.79. The molecule has 1 unspecified atom stereocenters. The monoisotopic (exact) mass is 534 g/mol. The summed E-state index contributed by atoms with van der Waals surface area (Å²) in [7, 11) is 4.74. The topological polar surface area (TPSA) is 116 Å². The van der Waals surface area contributed by atoms with Gasteiger partial charge in [0.25, 0.3) is 0 Å². The molecule has 11 heteroatoms. The molecule has 0 spiro atoms. The molecule has 1 fully saturated rings. The molecule has 2 aromatic heterocycles. The Bertz CT molecular complexity index is 1430. The van der Waals surface area contributed by atoms with E-state index in [1.54, 1.807) is 27.7 Å². The van der Waals surface area contributed by atoms with Crippen molar-refractivity contribution in [3.05, 3.63) is 42.9 Å². The highest BCUT2D eigenvalue weighted by molar-refractivity contribution is 5.95. The second-order valence-corrected chi connectivity index (χ2v) is 9.54. The van der Waals surface area contributed by atoms with Gasteiger partial charge in [-0.25, -0.2) is 9.97 Å². The van der Waals surface area contributed by atoms with Crippen molar-refractivity contribution in [2.24, 2.45) is 0 Å². The maximum Gasteiger partial charge on any atom is 0.228 e. The van der Waals surface area contributed by atoms with Crippen LogP contribution >= 0.6 is 0 Å². The number of nitrogens with zero attached hydrogens (tertiary/aromatic N) is 5. The van der Waals surface area contributed by atoms with Gasteiger partial charge in [0.15, 0.2) is 11.5 Å². The molecule has 1 aliphatic heterocycles. The largest absolute Gasteiger partial charge is 0.493 e. The molecule has 0 bridgehead atoms. The van der Waals surface area contributed by atoms with E-state index in [0.717, 1.165) is 30.5 Å². The van der Waals surface area contributed by atoms with Gasteiger partial charge < -0.3 is 38.8 Å². The standard InChI is InChI=1S/C28H34N6O5/c1-17(2)39-21-10-6-9-20-25(21)31-28(34-11-7-8-18(34)15-35)32-27(20)30-24-14-33(16-29-24)19-12-22(36-3)26(38-5)23(13-19)37-4/h6,9-10,12-14,16-18,35H,7-8,11,15H2,1-5H3,(H,30,31,32). The summed E-state index contributed by atoms with van der Waals surface area (Å²) >= 11 is 0. The van der Waals surface area contributed by atoms with Crippen molar-refractivity contribution >= 4 is 28.5 Å². The van der Waals surface area contributed by atoms with E-state index in [9.17, 15) is 5.11 Å². The van der Waals surface area contributed by atoms with E-state index in [2.05, 4.69) is 15.2 Å². The zero-order valence-corrected chi connectivity index (χ0v) is 22.8. The van der Waals surface area contributed by atoms with Crippen LogP contribution in [0.4, 0.5) is 17.6 Å². The summed E-state index contributed by atoms with van der Waals surface area (Å²) in [5, 5.41) is 14.1. The number of aromatic nitrogens is 4. The SMILES string of the molecule is COc1cc(-n2cnc(Nc3nc(N4CCCC4CO)nc4c(OC(C)C)cccc34)c2)cc(OC)c1OC. The fraction of sp³-hybridized carbons (Fsp3) is 0.393. The molecular weight excluding hydrogens is 500 g/mol. The van der Waals surface area contributed by atoms with Gasteiger partial charge in [0.05, 0.1) is 52.0 Å². The molecule has 5 rings (SSSR count). The Labute approximate surface area is 227 Å². The highest BCUT2D eigenvalue weighted by Gasteiger charge is 2.27. The number of imidazole rings is 1. The van der Waals surface area contributed by atoms with Crippen LogP contribution in [-0.2, 0) is 0 Å². The van der Waals surface area contributed by atoms with Crippen LogP contribution in [0.1, 0.15) is 26.7 Å². The van der Waals surface area contributed by atoms with Crippen molar-refractivity contribution < 1.29 is 24.1 Å². The number of hydrogen-bond donors (Lipinski definition) is 2. The first-order chi connectivity index (χ1) is 18.9. The number of nitrogens with one attached hydrogen (secondary N) is 1. The molecule has 39 heavy (non-hydrogen) atoms. The highest BCUT2D eigenvalue weighted by atomic mass is 16.5. The molecule has 206 valence electrons. The van der Waals surface area contributed by atoms with Gasteiger partial charge in [-0.05, 0) is 38.8 Å². The smallest absolute Gasteiger partial charge is 0.228 e. The lowest BCUT2D eigenvalue weighted by atomic mass is 10.2. The number of methoxy groups -OCH3 is 3. The van der Waals surface area contributed by atoms with Crippen molar-refractivity contribution in [2.45, 2.75) is 38.8 Å². The number of fused-ring (bicyclic) bond motifs is 1. The van der Waals surface area contributed by atoms with E-state index in [1.165, 1.54) is 0 Å². The van der Waals surface area contributed by atoms with Crippen LogP contribution in [0.3, 0.4) is 0 Å². The normalized spacial score (nSPS) is 15.2. The maximum absolute atomic E-state index is 9.93. The molecule has 3 heterocycles. The van der Waals surface area contributed by atoms with Crippen LogP contribution in [0.15, 0.2) is 42.9 Å². The molecule has 0 amide bonds. The third-order valence-corrected chi connectivity index (χ3v) is 6.66. The molecule has 0 saturated carbocycles. The second-order valence-electron chi connectivity index (χ2n) is 9.54. The van der Waals surface area contributed by atoms with Crippen molar-refractivity contribution in [1.82, 2.24) is 19.5 Å². The average Bonchev–Trinajstić information content (AvgIpc) is 3.62. The summed E-state index contributed by atoms with van der Waals surface area (Å²) in [6.07, 6.45) is 5.40. The van der Waals surface area contributed by atoms with E-state index in [4.69, 9.17) is 28.9 Å². The van der Waals surface area contributed by atoms with Crippen LogP contribution in [0.25, 0.3) is 16.6 Å². The highest BCUT2D eigenvalue weighted by Crippen LogP contribution is 2.40. The summed E-state index contributed by atoms with van der Waals surface area (Å²) in [5.74, 6) is 4.02. The van der Waals surface area contributed by atoms with Gasteiger partial charge in [-0.3, -0.25) is 0 Å². The lowest BCUT2D eigenvalue weighted by Gasteiger charge is -2.24. The molecule has 0 aliphatic carbocycles. The summed E-state index contributed by atoms with van der Waals surface area (Å²) < 4.78 is 24.4. The van der Waals surface area contributed by atoms with Gasteiger partial charge in [0.2, 0.25) is 11.7 Å². The summed E-state index contributed by atoms with van der Waals surface area (Å²) in [4.78, 5) is 16.4. The van der Waals surface area contributed by atoms with Crippen LogP contribution in [0.2, 0.25) is 0 Å². The lowest BCUT2D eigenvalue weighted by Crippen LogP contribution is -2.33. The Kier molecular flexibility index (Phi) is 7.60. The van der Waals surface area contributed by atoms with E-state index >= 15 is 0 Å². The van der Waals surface area contributed by atoms with Gasteiger partial charge in [-0.1, -0.05) is 6.07 Å². The number of hydrogen-bond acceptors (Lipinski definition) is 10. The van der Waals surface area contributed by atoms with Gasteiger partial charge >= 0.3 is 0 Å². The van der Waals surface area contributed by atoms with Gasteiger partial charge in [-0.2, -0.15) is 4.98 Å². The number of para-hydroxylation sites is 1. The summed E-state index contributed by atoms with van der Waals surface area (Å²) in [6, 6.07) is 9.47. The quantitative estimate of drug-likeness (QED) is 0.304. The van der Waals surface area contributed by atoms with Crippen molar-refractivity contribution in [3.8, 4) is 28.7 Å². The van der Waals surface area contributed by atoms with Gasteiger partial charge in [0.1, 0.15) is 29.2 Å². The Morgan fingerprint density at radius 1 is 1.05 bits per heavy atom. The molecule has 1 atom stereocenters. The zero-order chi connectivity index (χ0) is 27.5. The van der Waals surface area contributed by atoms with Crippen molar-refractivity contribution in [1.29, 1.82) is 0 Å². The Balaban J connectivity index is 1.55. The lowest BCUT2D eigenvalue weighted by molar-refractivity contribution is 0.245. The van der Waals surface area contributed by atoms with Crippen molar-refractivity contribution in [3.63, 3.8) is 0 Å². The molecule has 1 saturated heterocycles. The number of benzene rings is 2. The first-order valence-corrected chi connectivity index (χ1v) is 12.9. The molecule has 1 aliphatic rings. The molecule has 11 nitrogen and oxygen atoms in total. The minimum absolute atomic E-state index is 0.0171.